The van der Waals surface area contributed by atoms with Crippen molar-refractivity contribution in [3.05, 3.63) is 34.9 Å². The summed E-state index contributed by atoms with van der Waals surface area (Å²) < 4.78 is 0. The number of rotatable bonds is 3. The van der Waals surface area contributed by atoms with Gasteiger partial charge in [0.25, 0.3) is 0 Å². The summed E-state index contributed by atoms with van der Waals surface area (Å²) >= 11 is 17.5. The van der Waals surface area contributed by atoms with E-state index in [-0.39, 0.29) is 0 Å². The van der Waals surface area contributed by atoms with E-state index < -0.39 is 6.00 Å². The average molecular weight is 268 g/mol. The molecule has 0 heterocycles. The lowest BCUT2D eigenvalue weighted by Gasteiger charge is -2.10. The molecule has 0 atom stereocenters. The second-order valence-electron chi connectivity index (χ2n) is 3.55. The molecule has 78 valence electrons. The van der Waals surface area contributed by atoms with Crippen LogP contribution in [0.1, 0.15) is 16.7 Å². The fourth-order valence-corrected chi connectivity index (χ4v) is 2.81. The highest BCUT2D eigenvalue weighted by Gasteiger charge is 2.24. The van der Waals surface area contributed by atoms with E-state index in [2.05, 4.69) is 32.0 Å². The van der Waals surface area contributed by atoms with Gasteiger partial charge in [0.05, 0.1) is 0 Å². The van der Waals surface area contributed by atoms with Crippen molar-refractivity contribution in [1.82, 2.24) is 0 Å². The Hall–Kier alpha value is 0.307. The van der Waals surface area contributed by atoms with Crippen LogP contribution in [-0.2, 0) is 6.42 Å². The standard InChI is InChI=1S/C10H13Cl3Si/c1-8-3-4-10(9(2)7-8)5-6-14(11,12)13/h3-4,7H,5-6H2,1-2H3. The zero-order valence-corrected chi connectivity index (χ0v) is 11.5. The van der Waals surface area contributed by atoms with Gasteiger partial charge in [-0.15, -0.1) is 33.2 Å². The normalized spacial score (nSPS) is 11.8. The molecule has 0 amide bonds. The lowest BCUT2D eigenvalue weighted by molar-refractivity contribution is 1.09. The number of halogens is 3. The van der Waals surface area contributed by atoms with Crippen molar-refractivity contribution in [2.75, 3.05) is 0 Å². The summed E-state index contributed by atoms with van der Waals surface area (Å²) in [6, 6.07) is 4.62. The third-order valence-electron chi connectivity index (χ3n) is 2.18. The van der Waals surface area contributed by atoms with Crippen molar-refractivity contribution < 1.29 is 0 Å². The van der Waals surface area contributed by atoms with Gasteiger partial charge in [0.15, 0.2) is 0 Å². The van der Waals surface area contributed by atoms with E-state index >= 15 is 0 Å². The lowest BCUT2D eigenvalue weighted by atomic mass is 10.0. The van der Waals surface area contributed by atoms with Gasteiger partial charge in [-0.1, -0.05) is 23.8 Å². The summed E-state index contributed by atoms with van der Waals surface area (Å²) in [7, 11) is 0. The van der Waals surface area contributed by atoms with Crippen LogP contribution in [0, 0.1) is 13.8 Å². The average Bonchev–Trinajstić information content (AvgIpc) is 2.00. The van der Waals surface area contributed by atoms with Gasteiger partial charge in [0, 0.05) is 0 Å². The first-order valence-corrected chi connectivity index (χ1v) is 9.75. The molecular weight excluding hydrogens is 255 g/mol. The maximum Gasteiger partial charge on any atom is 0.341 e. The summed E-state index contributed by atoms with van der Waals surface area (Å²) in [6.07, 6.45) is 0.870. The van der Waals surface area contributed by atoms with Gasteiger partial charge < -0.3 is 0 Å². The molecule has 0 bridgehead atoms. The van der Waals surface area contributed by atoms with Gasteiger partial charge in [0.2, 0.25) is 0 Å². The minimum Gasteiger partial charge on any atom is -0.126 e. The van der Waals surface area contributed by atoms with Crippen molar-refractivity contribution in [1.29, 1.82) is 0 Å². The van der Waals surface area contributed by atoms with Crippen molar-refractivity contribution in [2.24, 2.45) is 0 Å². The number of hydrogen-bond acceptors (Lipinski definition) is 0. The van der Waals surface area contributed by atoms with Crippen LogP contribution in [0.2, 0.25) is 6.04 Å². The molecule has 0 aliphatic carbocycles. The number of aryl methyl sites for hydroxylation is 3. The molecule has 0 aromatic heterocycles. The molecule has 0 aliphatic rings. The molecule has 1 rings (SSSR count). The van der Waals surface area contributed by atoms with E-state index in [4.69, 9.17) is 33.2 Å². The van der Waals surface area contributed by atoms with Crippen LogP contribution in [0.5, 0.6) is 0 Å². The third kappa shape index (κ3) is 4.22. The van der Waals surface area contributed by atoms with E-state index in [1.54, 1.807) is 0 Å². The summed E-state index contributed by atoms with van der Waals surface area (Å²) in [5, 5.41) is 0. The van der Waals surface area contributed by atoms with Gasteiger partial charge in [-0.2, -0.15) is 0 Å². The molecule has 4 heteroatoms. The Morgan fingerprint density at radius 3 is 2.29 bits per heavy atom. The summed E-state index contributed by atoms with van der Waals surface area (Å²) in [5.41, 5.74) is 3.85. The number of benzene rings is 1. The fraction of sp³-hybridized carbons (Fsp3) is 0.400. The third-order valence-corrected chi connectivity index (χ3v) is 4.69. The summed E-state index contributed by atoms with van der Waals surface area (Å²) in [6.45, 7) is 4.18. The molecule has 0 aliphatic heterocycles. The van der Waals surface area contributed by atoms with Gasteiger partial charge in [-0.25, -0.2) is 0 Å². The number of hydrogen-bond donors (Lipinski definition) is 0. The molecular formula is C10H13Cl3Si. The molecule has 0 N–H and O–H groups in total. The monoisotopic (exact) mass is 266 g/mol. The van der Waals surface area contributed by atoms with Crippen LogP contribution in [0.25, 0.3) is 0 Å². The first-order chi connectivity index (χ1) is 6.38. The Kier molecular flexibility index (Phi) is 4.32. The Morgan fingerprint density at radius 2 is 1.79 bits per heavy atom. The molecule has 0 saturated heterocycles. The smallest absolute Gasteiger partial charge is 0.126 e. The largest absolute Gasteiger partial charge is 0.341 e. The van der Waals surface area contributed by atoms with Crippen molar-refractivity contribution in [3.8, 4) is 0 Å². The Bertz CT molecular complexity index is 318. The zero-order chi connectivity index (χ0) is 10.8. The van der Waals surface area contributed by atoms with E-state index in [1.807, 2.05) is 0 Å². The maximum atomic E-state index is 5.84. The quantitative estimate of drug-likeness (QED) is 0.559. The predicted octanol–water partition coefficient (Wildman–Crippen LogP) is 4.50. The van der Waals surface area contributed by atoms with Gasteiger partial charge in [-0.3, -0.25) is 0 Å². The molecule has 1 aromatic carbocycles. The highest BCUT2D eigenvalue weighted by atomic mass is 35.8. The lowest BCUT2D eigenvalue weighted by Crippen LogP contribution is -2.10. The van der Waals surface area contributed by atoms with E-state index in [0.717, 1.165) is 6.42 Å². The van der Waals surface area contributed by atoms with Crippen LogP contribution >= 0.6 is 33.2 Å². The second kappa shape index (κ2) is 4.89. The molecule has 0 spiro atoms. The molecule has 0 nitrogen and oxygen atoms in total. The van der Waals surface area contributed by atoms with Crippen LogP contribution in [-0.4, -0.2) is 6.00 Å². The molecule has 0 saturated carbocycles. The van der Waals surface area contributed by atoms with E-state index in [1.165, 1.54) is 16.7 Å². The van der Waals surface area contributed by atoms with Crippen molar-refractivity contribution in [3.63, 3.8) is 0 Å². The van der Waals surface area contributed by atoms with E-state index in [0.29, 0.717) is 6.04 Å². The minimum absolute atomic E-state index is 0.696. The van der Waals surface area contributed by atoms with Crippen molar-refractivity contribution in [2.45, 2.75) is 26.3 Å². The first-order valence-electron chi connectivity index (χ1n) is 4.51. The van der Waals surface area contributed by atoms with Gasteiger partial charge in [0.1, 0.15) is 0 Å². The van der Waals surface area contributed by atoms with Crippen LogP contribution in [0.3, 0.4) is 0 Å². The molecule has 0 unspecified atom stereocenters. The highest BCUT2D eigenvalue weighted by molar-refractivity contribution is 7.64. The Labute approximate surface area is 100 Å². The minimum atomic E-state index is -2.46. The van der Waals surface area contributed by atoms with Crippen molar-refractivity contribution >= 4 is 39.2 Å². The molecule has 14 heavy (non-hydrogen) atoms. The SMILES string of the molecule is Cc1ccc(CC[Si](Cl)(Cl)Cl)c(C)c1. The van der Waals surface area contributed by atoms with Crippen LogP contribution in [0.15, 0.2) is 18.2 Å². The molecule has 0 radical (unpaired) electrons. The van der Waals surface area contributed by atoms with Crippen LogP contribution < -0.4 is 0 Å². The first kappa shape index (κ1) is 12.4. The van der Waals surface area contributed by atoms with Gasteiger partial charge >= 0.3 is 6.00 Å². The summed E-state index contributed by atoms with van der Waals surface area (Å²) in [4.78, 5) is 0. The van der Waals surface area contributed by atoms with E-state index in [9.17, 15) is 0 Å². The highest BCUT2D eigenvalue weighted by Crippen LogP contribution is 2.27. The predicted molar refractivity (Wildman–Crippen MR) is 67.7 cm³/mol. The zero-order valence-electron chi connectivity index (χ0n) is 8.28. The Balaban J connectivity index is 2.68. The Morgan fingerprint density at radius 1 is 1.14 bits per heavy atom. The van der Waals surface area contributed by atoms with Crippen LogP contribution in [0.4, 0.5) is 0 Å². The topological polar surface area (TPSA) is 0 Å². The second-order valence-corrected chi connectivity index (χ2v) is 12.8. The molecule has 1 aromatic rings. The molecule has 0 fully saturated rings. The fourth-order valence-electron chi connectivity index (χ4n) is 1.40. The maximum absolute atomic E-state index is 5.84. The summed E-state index contributed by atoms with van der Waals surface area (Å²) in [5.74, 6) is 0. The van der Waals surface area contributed by atoms with Gasteiger partial charge in [-0.05, 0) is 37.4 Å².